The van der Waals surface area contributed by atoms with Gasteiger partial charge in [0, 0.05) is 44.1 Å². The number of hydrogen-bond acceptors (Lipinski definition) is 5. The molecule has 6 nitrogen and oxygen atoms in total. The second kappa shape index (κ2) is 7.21. The fourth-order valence-electron chi connectivity index (χ4n) is 3.58. The molecule has 1 aliphatic rings. The van der Waals surface area contributed by atoms with Gasteiger partial charge in [-0.1, -0.05) is 0 Å². The summed E-state index contributed by atoms with van der Waals surface area (Å²) in [7, 11) is 0. The Morgan fingerprint density at radius 1 is 0.862 bits per heavy atom. The molecule has 5 rings (SSSR count). The third kappa shape index (κ3) is 3.21. The van der Waals surface area contributed by atoms with Crippen LogP contribution in [0.5, 0.6) is 0 Å². The van der Waals surface area contributed by atoms with Gasteiger partial charge in [0.15, 0.2) is 17.3 Å². The van der Waals surface area contributed by atoms with E-state index in [0.717, 1.165) is 49.8 Å². The smallest absolute Gasteiger partial charge is 0.167 e. The maximum atomic E-state index is 13.9. The minimum absolute atomic E-state index is 0.474. The largest absolute Gasteiger partial charge is 0.354 e. The van der Waals surface area contributed by atoms with Crippen molar-refractivity contribution < 1.29 is 8.78 Å². The molecule has 0 unspecified atom stereocenters. The normalized spacial score (nSPS) is 14.5. The Morgan fingerprint density at radius 2 is 1.66 bits per heavy atom. The quantitative estimate of drug-likeness (QED) is 0.580. The van der Waals surface area contributed by atoms with Crippen molar-refractivity contribution in [3.05, 3.63) is 66.5 Å². The topological polar surface area (TPSA) is 58.9 Å². The van der Waals surface area contributed by atoms with Crippen molar-refractivity contribution in [2.75, 3.05) is 31.1 Å². The molecule has 29 heavy (non-hydrogen) atoms. The first-order valence-electron chi connectivity index (χ1n) is 9.42. The van der Waals surface area contributed by atoms with Crippen molar-refractivity contribution in [2.45, 2.75) is 0 Å². The van der Waals surface area contributed by atoms with Crippen molar-refractivity contribution in [1.82, 2.24) is 24.8 Å². The Morgan fingerprint density at radius 3 is 2.41 bits per heavy atom. The van der Waals surface area contributed by atoms with E-state index in [0.29, 0.717) is 22.6 Å². The Labute approximate surface area is 165 Å². The molecule has 4 heterocycles. The van der Waals surface area contributed by atoms with Crippen molar-refractivity contribution >= 4 is 17.0 Å². The first-order valence-corrected chi connectivity index (χ1v) is 9.42. The number of nitrogens with zero attached hydrogens (tertiary/aromatic N) is 5. The van der Waals surface area contributed by atoms with Gasteiger partial charge in [-0.25, -0.2) is 18.7 Å². The van der Waals surface area contributed by atoms with Crippen LogP contribution in [0.2, 0.25) is 0 Å². The molecule has 0 bridgehead atoms. The second-order valence-electron chi connectivity index (χ2n) is 6.85. The van der Waals surface area contributed by atoms with Crippen molar-refractivity contribution in [3.63, 3.8) is 0 Å². The zero-order valence-electron chi connectivity index (χ0n) is 15.5. The van der Waals surface area contributed by atoms with E-state index in [1.807, 2.05) is 28.8 Å². The molecule has 0 aliphatic carbocycles. The van der Waals surface area contributed by atoms with Crippen LogP contribution in [-0.4, -0.2) is 45.7 Å². The van der Waals surface area contributed by atoms with Gasteiger partial charge in [-0.3, -0.25) is 9.55 Å². The number of fused-ring (bicyclic) bond motifs is 1. The molecule has 0 radical (unpaired) electrons. The van der Waals surface area contributed by atoms with Gasteiger partial charge in [0.25, 0.3) is 0 Å². The van der Waals surface area contributed by atoms with Crippen LogP contribution in [0.3, 0.4) is 0 Å². The van der Waals surface area contributed by atoms with E-state index >= 15 is 0 Å². The van der Waals surface area contributed by atoms with Crippen LogP contribution in [0, 0.1) is 11.6 Å². The monoisotopic (exact) mass is 392 g/mol. The summed E-state index contributed by atoms with van der Waals surface area (Å²) in [6.45, 7) is 3.56. The predicted molar refractivity (Wildman–Crippen MR) is 107 cm³/mol. The molecule has 0 saturated carbocycles. The van der Waals surface area contributed by atoms with E-state index in [1.54, 1.807) is 12.4 Å². The lowest BCUT2D eigenvalue weighted by Crippen LogP contribution is -2.43. The molecular formula is C21H18F2N6. The van der Waals surface area contributed by atoms with Crippen LogP contribution in [0.25, 0.3) is 28.2 Å². The van der Waals surface area contributed by atoms with Gasteiger partial charge in [0.1, 0.15) is 17.2 Å². The molecule has 0 amide bonds. The summed E-state index contributed by atoms with van der Waals surface area (Å²) < 4.78 is 29.2. The molecule has 1 aliphatic heterocycles. The Hall–Kier alpha value is -3.39. The zero-order chi connectivity index (χ0) is 19.8. The SMILES string of the molecule is Fc1ccc(-c2nc3ccc(N4CCNCC4)nc3n2-c2ccncc2)cc1F. The van der Waals surface area contributed by atoms with Gasteiger partial charge in [-0.15, -0.1) is 0 Å². The zero-order valence-corrected chi connectivity index (χ0v) is 15.5. The van der Waals surface area contributed by atoms with Crippen molar-refractivity contribution in [2.24, 2.45) is 0 Å². The fraction of sp³-hybridized carbons (Fsp3) is 0.190. The summed E-state index contributed by atoms with van der Waals surface area (Å²) in [5, 5.41) is 3.33. The number of anilines is 1. The molecule has 1 fully saturated rings. The van der Waals surface area contributed by atoms with Crippen LogP contribution in [0.15, 0.2) is 54.9 Å². The lowest BCUT2D eigenvalue weighted by molar-refractivity contribution is 0.509. The third-order valence-corrected chi connectivity index (χ3v) is 5.03. The number of aromatic nitrogens is 4. The average molecular weight is 392 g/mol. The van der Waals surface area contributed by atoms with Gasteiger partial charge < -0.3 is 10.2 Å². The summed E-state index contributed by atoms with van der Waals surface area (Å²) in [5.41, 5.74) is 2.61. The number of benzene rings is 1. The first-order chi connectivity index (χ1) is 14.2. The van der Waals surface area contributed by atoms with Crippen molar-refractivity contribution in [3.8, 4) is 17.1 Å². The number of hydrogen-bond donors (Lipinski definition) is 1. The van der Waals surface area contributed by atoms with Gasteiger partial charge >= 0.3 is 0 Å². The number of piperazine rings is 1. The van der Waals surface area contributed by atoms with Gasteiger partial charge in [-0.05, 0) is 42.5 Å². The lowest BCUT2D eigenvalue weighted by atomic mass is 10.2. The highest BCUT2D eigenvalue weighted by Crippen LogP contribution is 2.29. The molecule has 3 aromatic heterocycles. The summed E-state index contributed by atoms with van der Waals surface area (Å²) >= 11 is 0. The molecule has 146 valence electrons. The first kappa shape index (κ1) is 17.7. The standard InChI is InChI=1S/C21H18F2N6/c22-16-2-1-14(13-17(16)23)20-26-18-3-4-19(28-11-9-25-10-12-28)27-21(18)29(20)15-5-7-24-8-6-15/h1-8,13,25H,9-12H2. The molecule has 0 spiro atoms. The van der Waals surface area contributed by atoms with E-state index in [1.165, 1.54) is 6.07 Å². The highest BCUT2D eigenvalue weighted by Gasteiger charge is 2.19. The van der Waals surface area contributed by atoms with Crippen LogP contribution >= 0.6 is 0 Å². The number of nitrogens with one attached hydrogen (secondary N) is 1. The van der Waals surface area contributed by atoms with E-state index in [4.69, 9.17) is 4.98 Å². The van der Waals surface area contributed by atoms with E-state index in [9.17, 15) is 8.78 Å². The van der Waals surface area contributed by atoms with Crippen LogP contribution in [-0.2, 0) is 0 Å². The van der Waals surface area contributed by atoms with E-state index in [2.05, 4.69) is 20.2 Å². The van der Waals surface area contributed by atoms with E-state index < -0.39 is 11.6 Å². The van der Waals surface area contributed by atoms with Crippen molar-refractivity contribution in [1.29, 1.82) is 0 Å². The maximum Gasteiger partial charge on any atom is 0.167 e. The molecule has 8 heteroatoms. The number of rotatable bonds is 3. The molecule has 1 N–H and O–H groups in total. The van der Waals surface area contributed by atoms with Gasteiger partial charge in [-0.2, -0.15) is 0 Å². The maximum absolute atomic E-state index is 13.9. The predicted octanol–water partition coefficient (Wildman–Crippen LogP) is 3.17. The molecule has 1 aromatic carbocycles. The molecular weight excluding hydrogens is 374 g/mol. The van der Waals surface area contributed by atoms with Crippen LogP contribution in [0.4, 0.5) is 14.6 Å². The minimum atomic E-state index is -0.912. The highest BCUT2D eigenvalue weighted by atomic mass is 19.2. The minimum Gasteiger partial charge on any atom is -0.354 e. The summed E-state index contributed by atoms with van der Waals surface area (Å²) in [6.07, 6.45) is 3.35. The number of imidazole rings is 1. The van der Waals surface area contributed by atoms with Crippen LogP contribution < -0.4 is 10.2 Å². The summed E-state index contributed by atoms with van der Waals surface area (Å²) in [6, 6.07) is 11.3. The molecule has 1 saturated heterocycles. The number of pyridine rings is 2. The van der Waals surface area contributed by atoms with E-state index in [-0.39, 0.29) is 0 Å². The Balaban J connectivity index is 1.72. The summed E-state index contributed by atoms with van der Waals surface area (Å²) in [4.78, 5) is 15.8. The van der Waals surface area contributed by atoms with Gasteiger partial charge in [0.05, 0.1) is 5.69 Å². The summed E-state index contributed by atoms with van der Waals surface area (Å²) in [5.74, 6) is -0.439. The Bertz CT molecular complexity index is 1170. The second-order valence-corrected chi connectivity index (χ2v) is 6.85. The molecule has 0 atom stereocenters. The van der Waals surface area contributed by atoms with Crippen LogP contribution in [0.1, 0.15) is 0 Å². The lowest BCUT2D eigenvalue weighted by Gasteiger charge is -2.28. The Kier molecular flexibility index (Phi) is 4.40. The van der Waals surface area contributed by atoms with Gasteiger partial charge in [0.2, 0.25) is 0 Å². The average Bonchev–Trinajstić information content (AvgIpc) is 3.15. The fourth-order valence-corrected chi connectivity index (χ4v) is 3.58. The molecule has 4 aromatic rings. The highest BCUT2D eigenvalue weighted by molar-refractivity contribution is 5.81. The number of halogens is 2. The third-order valence-electron chi connectivity index (χ3n) is 5.03.